The first kappa shape index (κ1) is 29.1. The van der Waals surface area contributed by atoms with Crippen LogP contribution in [0.15, 0.2) is 72.8 Å². The van der Waals surface area contributed by atoms with Gasteiger partial charge in [0.1, 0.15) is 0 Å². The summed E-state index contributed by atoms with van der Waals surface area (Å²) in [6.07, 6.45) is 26.7. The maximum absolute atomic E-state index is 2.59. The summed E-state index contributed by atoms with van der Waals surface area (Å²) in [5, 5.41) is 0. The van der Waals surface area contributed by atoms with Gasteiger partial charge >= 0.3 is 0 Å². The number of benzene rings is 3. The summed E-state index contributed by atoms with van der Waals surface area (Å²) in [6, 6.07) is 30.3. The predicted octanol–water partition coefficient (Wildman–Crippen LogP) is 12.6. The summed E-state index contributed by atoms with van der Waals surface area (Å²) in [7, 11) is 0. The molecule has 3 aromatic rings. The molecule has 0 N–H and O–H groups in total. The second-order valence-corrected chi connectivity index (χ2v) is 20.6. The van der Waals surface area contributed by atoms with Crippen molar-refractivity contribution in [2.75, 3.05) is 4.90 Å². The Kier molecular flexibility index (Phi) is 6.11. The average molecular weight is 648 g/mol. The summed E-state index contributed by atoms with van der Waals surface area (Å²) in [5.41, 5.74) is 10.3. The second kappa shape index (κ2) is 10.3. The second-order valence-electron chi connectivity index (χ2n) is 20.6. The fraction of sp³-hybridized carbons (Fsp3) is 0.625. The van der Waals surface area contributed by atoms with Crippen molar-refractivity contribution in [2.24, 2.45) is 53.3 Å². The van der Waals surface area contributed by atoms with Gasteiger partial charge in [-0.15, -0.1) is 0 Å². The molecule has 12 bridgehead atoms. The van der Waals surface area contributed by atoms with Crippen molar-refractivity contribution < 1.29 is 0 Å². The fourth-order valence-electron chi connectivity index (χ4n) is 16.7. The summed E-state index contributed by atoms with van der Waals surface area (Å²) in [6.45, 7) is 0. The highest BCUT2D eigenvalue weighted by molar-refractivity contribution is 5.77. The van der Waals surface area contributed by atoms with Crippen LogP contribution < -0.4 is 4.90 Å². The Balaban J connectivity index is 0.897. The molecule has 15 rings (SSSR count). The van der Waals surface area contributed by atoms with Crippen molar-refractivity contribution in [2.45, 2.75) is 132 Å². The van der Waals surface area contributed by atoms with E-state index < -0.39 is 0 Å². The van der Waals surface area contributed by atoms with Crippen LogP contribution in [-0.2, 0) is 16.2 Å². The zero-order valence-electron chi connectivity index (χ0n) is 29.8. The van der Waals surface area contributed by atoms with E-state index in [1.165, 1.54) is 133 Å². The largest absolute Gasteiger partial charge is 0.311 e. The molecule has 12 aliphatic rings. The molecule has 12 fully saturated rings. The highest BCUT2D eigenvalue weighted by Gasteiger charge is 2.54. The van der Waals surface area contributed by atoms with Gasteiger partial charge in [0.2, 0.25) is 0 Å². The third-order valence-electron chi connectivity index (χ3n) is 17.3. The minimum Gasteiger partial charge on any atom is -0.311 e. The molecule has 0 heterocycles. The number of anilines is 3. The van der Waals surface area contributed by atoms with E-state index >= 15 is 0 Å². The van der Waals surface area contributed by atoms with Gasteiger partial charge in [0.05, 0.1) is 0 Å². The lowest BCUT2D eigenvalue weighted by molar-refractivity contribution is -0.00529. The quantitative estimate of drug-likeness (QED) is 0.257. The number of hydrogen-bond donors (Lipinski definition) is 0. The smallest absolute Gasteiger partial charge is 0.0461 e. The summed E-state index contributed by atoms with van der Waals surface area (Å²) >= 11 is 0. The maximum atomic E-state index is 2.59. The standard InChI is InChI=1S/C48H57N/c1-7-43(8-2-40(1)46-22-31-13-32(23-46)15-33(14-31)24-46)49(44-9-3-41(4-10-44)47-25-34-16-35(26-47)18-36(17-34)27-47)45-11-5-42(6-12-45)48-28-37-19-38(29-48)21-39(20-37)30-48/h1-12,31-39H,13-30H2. The van der Waals surface area contributed by atoms with Crippen molar-refractivity contribution in [1.82, 2.24) is 0 Å². The van der Waals surface area contributed by atoms with E-state index in [0.717, 1.165) is 53.3 Å². The summed E-state index contributed by atoms with van der Waals surface area (Å²) in [5.74, 6) is 8.89. The van der Waals surface area contributed by atoms with Crippen LogP contribution in [0, 0.1) is 53.3 Å². The highest BCUT2D eigenvalue weighted by atomic mass is 15.1. The van der Waals surface area contributed by atoms with E-state index in [1.54, 1.807) is 16.7 Å². The lowest BCUT2D eigenvalue weighted by Gasteiger charge is -2.57. The van der Waals surface area contributed by atoms with Gasteiger partial charge in [0.25, 0.3) is 0 Å². The topological polar surface area (TPSA) is 3.24 Å². The predicted molar refractivity (Wildman–Crippen MR) is 201 cm³/mol. The van der Waals surface area contributed by atoms with Gasteiger partial charge in [-0.1, -0.05) is 36.4 Å². The molecule has 254 valence electrons. The Morgan fingerprint density at radius 3 is 0.653 bits per heavy atom. The Labute approximate surface area is 295 Å². The highest BCUT2D eigenvalue weighted by Crippen LogP contribution is 2.63. The van der Waals surface area contributed by atoms with E-state index in [-0.39, 0.29) is 0 Å². The van der Waals surface area contributed by atoms with Crippen LogP contribution in [0.1, 0.15) is 132 Å². The summed E-state index contributed by atoms with van der Waals surface area (Å²) < 4.78 is 0. The van der Waals surface area contributed by atoms with Gasteiger partial charge < -0.3 is 4.90 Å². The van der Waals surface area contributed by atoms with Crippen LogP contribution in [0.5, 0.6) is 0 Å². The lowest BCUT2D eigenvalue weighted by atomic mass is 9.48. The van der Waals surface area contributed by atoms with Crippen LogP contribution in [-0.4, -0.2) is 0 Å². The Morgan fingerprint density at radius 1 is 0.286 bits per heavy atom. The van der Waals surface area contributed by atoms with Crippen LogP contribution in [0.3, 0.4) is 0 Å². The van der Waals surface area contributed by atoms with Gasteiger partial charge in [0.15, 0.2) is 0 Å². The number of hydrogen-bond acceptors (Lipinski definition) is 1. The van der Waals surface area contributed by atoms with E-state index in [9.17, 15) is 0 Å². The zero-order chi connectivity index (χ0) is 32.0. The molecular weight excluding hydrogens is 591 g/mol. The lowest BCUT2D eigenvalue weighted by Crippen LogP contribution is -2.48. The Hall–Kier alpha value is -2.54. The fourth-order valence-corrected chi connectivity index (χ4v) is 16.7. The molecule has 0 atom stereocenters. The van der Waals surface area contributed by atoms with Crippen LogP contribution >= 0.6 is 0 Å². The SMILES string of the molecule is c1cc(C23CC4CC(CC(C4)C2)C3)ccc1N(c1ccc(C23CC4CC(CC(C4)C2)C3)cc1)c1ccc(C23CC4CC(CC(C4)C2)C3)cc1. The molecule has 3 aromatic carbocycles. The van der Waals surface area contributed by atoms with Gasteiger partial charge in [-0.2, -0.15) is 0 Å². The molecule has 49 heavy (non-hydrogen) atoms. The molecule has 0 spiro atoms. The monoisotopic (exact) mass is 647 g/mol. The van der Waals surface area contributed by atoms with E-state index in [2.05, 4.69) is 77.7 Å². The Bertz CT molecular complexity index is 1430. The summed E-state index contributed by atoms with van der Waals surface area (Å²) in [4.78, 5) is 2.59. The molecule has 0 unspecified atom stereocenters. The van der Waals surface area contributed by atoms with Crippen molar-refractivity contribution in [3.05, 3.63) is 89.5 Å². The normalized spacial score (nSPS) is 44.9. The molecule has 0 aliphatic heterocycles. The van der Waals surface area contributed by atoms with Crippen molar-refractivity contribution in [3.63, 3.8) is 0 Å². The minimum atomic E-state index is 0.455. The Morgan fingerprint density at radius 2 is 0.469 bits per heavy atom. The molecule has 1 heteroatoms. The van der Waals surface area contributed by atoms with Crippen molar-refractivity contribution in [1.29, 1.82) is 0 Å². The van der Waals surface area contributed by atoms with Crippen molar-refractivity contribution in [3.8, 4) is 0 Å². The first-order valence-corrected chi connectivity index (χ1v) is 21.1. The third-order valence-corrected chi connectivity index (χ3v) is 17.3. The molecule has 12 aliphatic carbocycles. The van der Waals surface area contributed by atoms with Gasteiger partial charge in [-0.3, -0.25) is 0 Å². The zero-order valence-corrected chi connectivity index (χ0v) is 29.8. The molecule has 0 aromatic heterocycles. The van der Waals surface area contributed by atoms with Gasteiger partial charge in [0, 0.05) is 17.1 Å². The third kappa shape index (κ3) is 4.48. The average Bonchev–Trinajstić information content (AvgIpc) is 3.08. The molecular formula is C48H57N. The first-order chi connectivity index (χ1) is 24.0. The first-order valence-electron chi connectivity index (χ1n) is 21.1. The van der Waals surface area contributed by atoms with E-state index in [4.69, 9.17) is 0 Å². The van der Waals surface area contributed by atoms with E-state index in [1.807, 2.05) is 0 Å². The van der Waals surface area contributed by atoms with Crippen LogP contribution in [0.2, 0.25) is 0 Å². The molecule has 1 nitrogen and oxygen atoms in total. The van der Waals surface area contributed by atoms with Crippen LogP contribution in [0.25, 0.3) is 0 Å². The molecule has 0 amide bonds. The number of nitrogens with zero attached hydrogens (tertiary/aromatic N) is 1. The van der Waals surface area contributed by atoms with Crippen molar-refractivity contribution >= 4 is 17.1 Å². The maximum Gasteiger partial charge on any atom is 0.0461 e. The van der Waals surface area contributed by atoms with Gasteiger partial charge in [-0.25, -0.2) is 0 Å². The number of rotatable bonds is 6. The van der Waals surface area contributed by atoms with Crippen LogP contribution in [0.4, 0.5) is 17.1 Å². The van der Waals surface area contributed by atoms with Gasteiger partial charge in [-0.05, 0) is 238 Å². The van der Waals surface area contributed by atoms with E-state index in [0.29, 0.717) is 16.2 Å². The molecule has 0 radical (unpaired) electrons. The minimum absolute atomic E-state index is 0.455. The molecule has 0 saturated heterocycles. The molecule has 12 saturated carbocycles.